The van der Waals surface area contributed by atoms with Crippen molar-refractivity contribution in [3.8, 4) is 22.8 Å². The Morgan fingerprint density at radius 3 is 1.10 bits per heavy atom. The second-order valence-corrected chi connectivity index (χ2v) is 15.2. The molecule has 0 fully saturated rings. The number of H-pyrrole nitrogens is 2. The quantitative estimate of drug-likeness (QED) is 0.126. The van der Waals surface area contributed by atoms with Gasteiger partial charge in [-0.15, -0.1) is 0 Å². The Kier molecular flexibility index (Phi) is 9.66. The minimum Gasteiger partial charge on any atom is -0.324 e. The average Bonchev–Trinajstić information content (AvgIpc) is 3.85. The molecule has 0 amide bonds. The number of hydrogen-bond acceptors (Lipinski definition) is 6. The topological polar surface area (TPSA) is 109 Å². The summed E-state index contributed by atoms with van der Waals surface area (Å²) in [4.78, 5) is 39.7. The smallest absolute Gasteiger partial charge is 0.164 e. The van der Waals surface area contributed by atoms with E-state index in [9.17, 15) is 0 Å². The highest BCUT2D eigenvalue weighted by Crippen LogP contribution is 2.49. The summed E-state index contributed by atoms with van der Waals surface area (Å²) in [6, 6.07) is 4.77. The molecule has 270 valence electrons. The van der Waals surface area contributed by atoms with Gasteiger partial charge in [0.1, 0.15) is 22.6 Å². The summed E-state index contributed by atoms with van der Waals surface area (Å²) in [5.74, 6) is 3.95. The van der Waals surface area contributed by atoms with Gasteiger partial charge in [0, 0.05) is 56.4 Å². The Hall–Kier alpha value is -4.46. The maximum Gasteiger partial charge on any atom is 0.164 e. The Balaban J connectivity index is 1.52. The van der Waals surface area contributed by atoms with Gasteiger partial charge in [0.05, 0.1) is 0 Å². The molecule has 10 bridgehead atoms. The molecule has 0 saturated heterocycles. The summed E-state index contributed by atoms with van der Waals surface area (Å²) in [6.07, 6.45) is 18.9. The fourth-order valence-electron chi connectivity index (χ4n) is 9.07. The van der Waals surface area contributed by atoms with Crippen molar-refractivity contribution in [2.75, 3.05) is 0 Å². The van der Waals surface area contributed by atoms with Crippen molar-refractivity contribution in [1.29, 1.82) is 0 Å². The Morgan fingerprint density at radius 2 is 0.769 bits per heavy atom. The van der Waals surface area contributed by atoms with Crippen molar-refractivity contribution in [1.82, 2.24) is 39.9 Å². The zero-order chi connectivity index (χ0) is 35.9. The maximum absolute atomic E-state index is 5.43. The summed E-state index contributed by atoms with van der Waals surface area (Å²) >= 11 is 0. The van der Waals surface area contributed by atoms with Crippen molar-refractivity contribution in [2.45, 2.75) is 143 Å². The highest BCUT2D eigenvalue weighted by Gasteiger charge is 2.33. The fraction of sp³-hybridized carbons (Fsp3) is 0.500. The van der Waals surface area contributed by atoms with Crippen LogP contribution in [0.25, 0.3) is 56.5 Å². The predicted octanol–water partition coefficient (Wildman–Crippen LogP) is 11.1. The van der Waals surface area contributed by atoms with E-state index in [0.717, 1.165) is 134 Å². The molecule has 5 heterocycles. The zero-order valence-corrected chi connectivity index (χ0v) is 32.0. The molecular formula is C44H54N8. The third-order valence-corrected chi connectivity index (χ3v) is 11.4. The molecule has 4 aromatic rings. The molecule has 0 spiro atoms. The van der Waals surface area contributed by atoms with Gasteiger partial charge in [0.15, 0.2) is 23.3 Å². The van der Waals surface area contributed by atoms with Crippen molar-refractivity contribution in [2.24, 2.45) is 0 Å². The molecule has 2 atom stereocenters. The average molecular weight is 695 g/mol. The number of allylic oxidation sites excluding steroid dienone is 4. The normalized spacial score (nSPS) is 17.3. The predicted molar refractivity (Wildman–Crippen MR) is 213 cm³/mol. The van der Waals surface area contributed by atoms with Gasteiger partial charge < -0.3 is 9.97 Å². The maximum atomic E-state index is 5.43. The van der Waals surface area contributed by atoms with E-state index < -0.39 is 0 Å². The van der Waals surface area contributed by atoms with Crippen molar-refractivity contribution < 1.29 is 0 Å². The molecule has 8 nitrogen and oxygen atoms in total. The lowest BCUT2D eigenvalue weighted by Gasteiger charge is -2.34. The van der Waals surface area contributed by atoms with E-state index in [-0.39, 0.29) is 0 Å². The lowest BCUT2D eigenvalue weighted by Crippen LogP contribution is -2.17. The van der Waals surface area contributed by atoms with Crippen LogP contribution in [0.4, 0.5) is 0 Å². The molecule has 52 heavy (non-hydrogen) atoms. The largest absolute Gasteiger partial charge is 0.324 e. The number of nitrogens with one attached hydrogen (secondary N) is 2. The third kappa shape index (κ3) is 5.92. The number of hydrogen-bond donors (Lipinski definition) is 2. The first-order chi connectivity index (χ1) is 25.5. The monoisotopic (exact) mass is 694 g/mol. The number of nitrogens with zero attached hydrogens (tertiary/aromatic N) is 6. The van der Waals surface area contributed by atoms with Crippen LogP contribution < -0.4 is 0 Å². The first kappa shape index (κ1) is 34.6. The van der Waals surface area contributed by atoms with Crippen molar-refractivity contribution >= 4 is 33.7 Å². The van der Waals surface area contributed by atoms with Crippen LogP contribution in [0, 0.1) is 0 Å². The van der Waals surface area contributed by atoms with Crippen LogP contribution in [0.5, 0.6) is 0 Å². The van der Waals surface area contributed by atoms with Crippen LogP contribution in [0.2, 0.25) is 0 Å². The van der Waals surface area contributed by atoms with Gasteiger partial charge in [-0.2, -0.15) is 0 Å². The van der Waals surface area contributed by atoms with Gasteiger partial charge in [-0.25, -0.2) is 29.9 Å². The highest BCUT2D eigenvalue weighted by molar-refractivity contribution is 5.91. The molecular weight excluding hydrogens is 641 g/mol. The number of benzene rings is 1. The number of rotatable bonds is 12. The molecule has 2 aliphatic heterocycles. The van der Waals surface area contributed by atoms with Crippen LogP contribution in [0.15, 0.2) is 24.3 Å². The summed E-state index contributed by atoms with van der Waals surface area (Å²) in [5, 5.41) is 0. The van der Waals surface area contributed by atoms with E-state index in [2.05, 4.69) is 75.8 Å². The summed E-state index contributed by atoms with van der Waals surface area (Å²) in [6.45, 7) is 13.5. The molecule has 3 aliphatic carbocycles. The van der Waals surface area contributed by atoms with Gasteiger partial charge in [-0.3, -0.25) is 0 Å². The first-order valence-corrected chi connectivity index (χ1v) is 20.3. The first-order valence-electron chi connectivity index (χ1n) is 20.3. The number of aromatic nitrogens is 8. The van der Waals surface area contributed by atoms with E-state index in [0.29, 0.717) is 11.8 Å². The molecule has 5 aliphatic rings. The fourth-order valence-corrected chi connectivity index (χ4v) is 9.07. The molecule has 0 saturated carbocycles. The molecule has 2 unspecified atom stereocenters. The number of fused-ring (bicyclic) bond motifs is 12. The third-order valence-electron chi connectivity index (χ3n) is 11.4. The van der Waals surface area contributed by atoms with E-state index in [1.54, 1.807) is 0 Å². The highest BCUT2D eigenvalue weighted by atomic mass is 15.1. The van der Waals surface area contributed by atoms with E-state index in [1.807, 2.05) is 0 Å². The van der Waals surface area contributed by atoms with Crippen molar-refractivity contribution in [3.63, 3.8) is 0 Å². The van der Waals surface area contributed by atoms with Crippen LogP contribution in [0.3, 0.4) is 0 Å². The van der Waals surface area contributed by atoms with Crippen LogP contribution in [-0.2, 0) is 25.7 Å². The van der Waals surface area contributed by atoms with Gasteiger partial charge in [-0.1, -0.05) is 92.2 Å². The Labute approximate surface area is 308 Å². The Bertz CT molecular complexity index is 2100. The van der Waals surface area contributed by atoms with E-state index in [4.69, 9.17) is 29.9 Å². The minimum atomic E-state index is 0.453. The standard InChI is InChI=1S/C44H54N8/c1-7-13-27-28(14-8-2)38-45-37(27)46-39-29(15-9-3)31(17-11-5)41(48-39)50-43-35-23-33-25-19-21-26(22-20-25)34(33)24-36(35)44(52-43)51-42-32(18-12-6)30(16-10-4)40(47-38)49-42/h19,21,23-26H,7-18,20,22H2,1-6H3,(H2,45,46,47,48,49,50,51,52). The summed E-state index contributed by atoms with van der Waals surface area (Å²) in [5.41, 5.74) is 15.9. The second kappa shape index (κ2) is 14.5. The number of aryl methyl sites for hydroxylation is 4. The minimum absolute atomic E-state index is 0.453. The molecule has 3 aromatic heterocycles. The van der Waals surface area contributed by atoms with Gasteiger partial charge in [-0.05, 0) is 74.6 Å². The molecule has 8 heteroatoms. The van der Waals surface area contributed by atoms with E-state index >= 15 is 0 Å². The SMILES string of the molecule is CCCC1=C(CCC)c2nc1nc1[nH]c(nc3nc(nc4[nH]c(n2)c(CCC)c4CCC)-c2cc4c(cc2-3)C2C=CC4CC2)c(CCC)c1CCC. The zero-order valence-electron chi connectivity index (χ0n) is 32.0. The summed E-state index contributed by atoms with van der Waals surface area (Å²) in [7, 11) is 0. The van der Waals surface area contributed by atoms with Gasteiger partial charge in [0.25, 0.3) is 0 Å². The lowest BCUT2D eigenvalue weighted by molar-refractivity contribution is 0.554. The van der Waals surface area contributed by atoms with Crippen LogP contribution in [-0.4, -0.2) is 39.9 Å². The molecule has 1 aromatic carbocycles. The van der Waals surface area contributed by atoms with Crippen molar-refractivity contribution in [3.05, 3.63) is 69.3 Å². The van der Waals surface area contributed by atoms with E-state index in [1.165, 1.54) is 57.4 Å². The Morgan fingerprint density at radius 1 is 0.442 bits per heavy atom. The molecule has 9 rings (SSSR count). The van der Waals surface area contributed by atoms with Gasteiger partial charge >= 0.3 is 0 Å². The lowest BCUT2D eigenvalue weighted by atomic mass is 9.70. The summed E-state index contributed by atoms with van der Waals surface area (Å²) < 4.78 is 0. The second-order valence-electron chi connectivity index (χ2n) is 15.2. The molecule has 2 N–H and O–H groups in total. The van der Waals surface area contributed by atoms with Crippen LogP contribution >= 0.6 is 0 Å². The van der Waals surface area contributed by atoms with Crippen LogP contribution in [0.1, 0.15) is 163 Å². The molecule has 0 radical (unpaired) electrons. The van der Waals surface area contributed by atoms with Gasteiger partial charge in [0.2, 0.25) is 0 Å². The number of aromatic amines is 2.